The monoisotopic (exact) mass is 630 g/mol. The van der Waals surface area contributed by atoms with Crippen LogP contribution in [0.2, 0.25) is 0 Å². The molecule has 1 fully saturated rings. The second kappa shape index (κ2) is 12.5. The number of benzene rings is 3. The highest BCUT2D eigenvalue weighted by molar-refractivity contribution is 7.21. The van der Waals surface area contributed by atoms with Crippen LogP contribution in [0, 0.1) is 18.3 Å². The number of para-hydroxylation sites is 1. The Kier molecular flexibility index (Phi) is 7.97. The summed E-state index contributed by atoms with van der Waals surface area (Å²) >= 11 is 1.28. The van der Waals surface area contributed by atoms with Gasteiger partial charge in [0.05, 0.1) is 28.0 Å². The summed E-state index contributed by atoms with van der Waals surface area (Å²) in [5.74, 6) is 1.57. The summed E-state index contributed by atoms with van der Waals surface area (Å²) in [5, 5.41) is 19.5. The minimum absolute atomic E-state index is 0.0491. The van der Waals surface area contributed by atoms with Crippen LogP contribution >= 0.6 is 11.3 Å². The number of amides is 3. The van der Waals surface area contributed by atoms with Crippen molar-refractivity contribution in [3.05, 3.63) is 101 Å². The summed E-state index contributed by atoms with van der Waals surface area (Å²) in [6.07, 6.45) is 3.59. The molecule has 2 aliphatic heterocycles. The first-order chi connectivity index (χ1) is 22.5. The van der Waals surface area contributed by atoms with E-state index in [1.807, 2.05) is 55.5 Å². The van der Waals surface area contributed by atoms with Crippen molar-refractivity contribution in [3.63, 3.8) is 0 Å². The number of pyridine rings is 1. The van der Waals surface area contributed by atoms with E-state index in [2.05, 4.69) is 27.0 Å². The van der Waals surface area contributed by atoms with Crippen LogP contribution in [0.25, 0.3) is 10.2 Å². The molecule has 1 atom stereocenters. The van der Waals surface area contributed by atoms with Gasteiger partial charge in [0.1, 0.15) is 39.6 Å². The number of hydrogen-bond donors (Lipinski definition) is 3. The average Bonchev–Trinajstić information content (AvgIpc) is 3.45. The molecule has 1 saturated heterocycles. The van der Waals surface area contributed by atoms with Gasteiger partial charge in [0.15, 0.2) is 0 Å². The highest BCUT2D eigenvalue weighted by Crippen LogP contribution is 2.46. The van der Waals surface area contributed by atoms with Gasteiger partial charge in [0.2, 0.25) is 0 Å². The van der Waals surface area contributed by atoms with Crippen LogP contribution in [-0.4, -0.2) is 36.1 Å². The molecule has 0 saturated carbocycles. The summed E-state index contributed by atoms with van der Waals surface area (Å²) in [4.78, 5) is 34.2. The molecule has 46 heavy (non-hydrogen) atoms. The fourth-order valence-corrected chi connectivity index (χ4v) is 6.85. The van der Waals surface area contributed by atoms with E-state index >= 15 is 0 Å². The molecule has 230 valence electrons. The molecule has 2 aromatic heterocycles. The van der Waals surface area contributed by atoms with Crippen molar-refractivity contribution >= 4 is 50.6 Å². The van der Waals surface area contributed by atoms with E-state index in [0.717, 1.165) is 42.4 Å². The second-order valence-corrected chi connectivity index (χ2v) is 12.2. The van der Waals surface area contributed by atoms with Gasteiger partial charge in [-0.1, -0.05) is 24.3 Å². The molecule has 7 rings (SSSR count). The molecule has 0 spiro atoms. The maximum atomic E-state index is 13.6. The number of nitrogens with one attached hydrogen (secondary N) is 3. The SMILES string of the molecule is Cc1cc(Oc2cccc(COc3ccccc3C#N)c2)ccc1N1C(=O)Nc2c(C(=O)N[C@@H]3CCCNC3)sc3nccc1c23. The fraction of sp³-hybridized carbons (Fsp3) is 0.200. The van der Waals surface area contributed by atoms with E-state index in [1.165, 1.54) is 11.3 Å². The minimum Gasteiger partial charge on any atom is -0.488 e. The van der Waals surface area contributed by atoms with E-state index in [9.17, 15) is 14.9 Å². The van der Waals surface area contributed by atoms with E-state index in [-0.39, 0.29) is 24.6 Å². The molecular formula is C35H30N6O4S. The third-order valence-corrected chi connectivity index (χ3v) is 9.13. The molecule has 5 aromatic rings. The molecule has 10 nitrogen and oxygen atoms in total. The van der Waals surface area contributed by atoms with Crippen LogP contribution in [0.3, 0.4) is 0 Å². The van der Waals surface area contributed by atoms with Crippen LogP contribution in [0.15, 0.2) is 79.0 Å². The minimum atomic E-state index is -0.353. The number of carbonyl (C=O) groups excluding carboxylic acids is 2. The Balaban J connectivity index is 1.11. The zero-order chi connectivity index (χ0) is 31.6. The number of hydrogen-bond acceptors (Lipinski definition) is 8. The Morgan fingerprint density at radius 3 is 2.80 bits per heavy atom. The summed E-state index contributed by atoms with van der Waals surface area (Å²) in [6, 6.07) is 23.9. The third-order valence-electron chi connectivity index (χ3n) is 8.03. The van der Waals surface area contributed by atoms with Crippen LogP contribution in [0.1, 0.15) is 39.2 Å². The molecule has 0 aliphatic carbocycles. The van der Waals surface area contributed by atoms with Crippen LogP contribution in [-0.2, 0) is 6.61 Å². The molecule has 0 bridgehead atoms. The predicted octanol–water partition coefficient (Wildman–Crippen LogP) is 7.01. The number of aryl methyl sites for hydroxylation is 1. The summed E-state index contributed by atoms with van der Waals surface area (Å²) in [5.41, 5.74) is 4.05. The van der Waals surface area contributed by atoms with Gasteiger partial charge in [-0.2, -0.15) is 5.26 Å². The lowest BCUT2D eigenvalue weighted by Crippen LogP contribution is -2.45. The van der Waals surface area contributed by atoms with E-state index in [4.69, 9.17) is 9.47 Å². The van der Waals surface area contributed by atoms with Crippen molar-refractivity contribution in [2.24, 2.45) is 0 Å². The summed E-state index contributed by atoms with van der Waals surface area (Å²) in [6.45, 7) is 3.89. The van der Waals surface area contributed by atoms with Gasteiger partial charge in [0.25, 0.3) is 5.91 Å². The summed E-state index contributed by atoms with van der Waals surface area (Å²) in [7, 11) is 0. The Morgan fingerprint density at radius 2 is 1.98 bits per heavy atom. The van der Waals surface area contributed by atoms with Gasteiger partial charge in [-0.05, 0) is 86.0 Å². The largest absolute Gasteiger partial charge is 0.488 e. The van der Waals surface area contributed by atoms with Crippen LogP contribution < -0.4 is 30.3 Å². The third kappa shape index (κ3) is 5.72. The van der Waals surface area contributed by atoms with Crippen molar-refractivity contribution in [3.8, 4) is 23.3 Å². The Morgan fingerprint density at radius 1 is 1.11 bits per heavy atom. The number of carbonyl (C=O) groups is 2. The van der Waals surface area contributed by atoms with Crippen molar-refractivity contribution in [2.45, 2.75) is 32.4 Å². The number of anilines is 3. The number of nitrogens with zero attached hydrogens (tertiary/aromatic N) is 3. The molecule has 0 radical (unpaired) electrons. The lowest BCUT2D eigenvalue weighted by atomic mass is 10.1. The van der Waals surface area contributed by atoms with Crippen molar-refractivity contribution in [2.75, 3.05) is 23.3 Å². The molecule has 0 unspecified atom stereocenters. The number of urea groups is 1. The molecule has 2 aliphatic rings. The van der Waals surface area contributed by atoms with E-state index in [0.29, 0.717) is 49.6 Å². The number of thiophene rings is 1. The Labute approximate surface area is 269 Å². The van der Waals surface area contributed by atoms with Gasteiger partial charge >= 0.3 is 6.03 Å². The summed E-state index contributed by atoms with van der Waals surface area (Å²) < 4.78 is 12.1. The predicted molar refractivity (Wildman–Crippen MR) is 177 cm³/mol. The van der Waals surface area contributed by atoms with Crippen LogP contribution in [0.4, 0.5) is 21.9 Å². The van der Waals surface area contributed by atoms with Gasteiger partial charge < -0.3 is 25.4 Å². The molecule has 11 heteroatoms. The first-order valence-electron chi connectivity index (χ1n) is 15.0. The number of ether oxygens (including phenoxy) is 2. The zero-order valence-corrected chi connectivity index (χ0v) is 25.8. The van der Waals surface area contributed by atoms with Gasteiger partial charge in [-0.3, -0.25) is 9.69 Å². The number of rotatable bonds is 8. The Hall–Kier alpha value is -5.44. The standard InChI is InChI=1S/C35H30N6O4S/c1-21-16-26(45-25-9-4-6-22(17-25)20-44-29-10-3-2-7-23(29)18-36)11-12-27(21)41-28-13-15-38-34-30(28)31(40-35(41)43)32(46-34)33(42)39-24-8-5-14-37-19-24/h2-4,6-7,9-13,15-17,24,37H,5,8,14,19-20H2,1H3,(H,39,42)(H,40,43)/t24-/m1/s1. The van der Waals surface area contributed by atoms with Crippen molar-refractivity contribution in [1.82, 2.24) is 15.6 Å². The van der Waals surface area contributed by atoms with Crippen molar-refractivity contribution in [1.29, 1.82) is 5.26 Å². The fourth-order valence-electron chi connectivity index (χ4n) is 5.83. The second-order valence-electron chi connectivity index (χ2n) is 11.2. The van der Waals surface area contributed by atoms with E-state index in [1.54, 1.807) is 35.4 Å². The molecule has 3 N–H and O–H groups in total. The molecule has 4 heterocycles. The Bertz CT molecular complexity index is 2010. The number of aromatic nitrogens is 1. The smallest absolute Gasteiger partial charge is 0.331 e. The van der Waals surface area contributed by atoms with E-state index < -0.39 is 0 Å². The quantitative estimate of drug-likeness (QED) is 0.168. The maximum Gasteiger partial charge on any atom is 0.331 e. The van der Waals surface area contributed by atoms with Crippen molar-refractivity contribution < 1.29 is 19.1 Å². The number of piperidine rings is 1. The highest BCUT2D eigenvalue weighted by atomic mass is 32.1. The topological polar surface area (TPSA) is 129 Å². The lowest BCUT2D eigenvalue weighted by molar-refractivity contribution is 0.0935. The van der Waals surface area contributed by atoms with Crippen LogP contribution in [0.5, 0.6) is 17.2 Å². The first kappa shape index (κ1) is 29.3. The van der Waals surface area contributed by atoms with Gasteiger partial charge in [-0.15, -0.1) is 11.3 Å². The average molecular weight is 631 g/mol. The lowest BCUT2D eigenvalue weighted by Gasteiger charge is -2.30. The highest BCUT2D eigenvalue weighted by Gasteiger charge is 2.33. The van der Waals surface area contributed by atoms with Gasteiger partial charge in [-0.25, -0.2) is 9.78 Å². The van der Waals surface area contributed by atoms with Gasteiger partial charge in [0, 0.05) is 18.8 Å². The number of nitriles is 1. The zero-order valence-electron chi connectivity index (χ0n) is 25.0. The first-order valence-corrected chi connectivity index (χ1v) is 15.8. The normalized spacial score (nSPS) is 15.6. The molecule has 3 aromatic carbocycles. The molecular weight excluding hydrogens is 600 g/mol. The maximum absolute atomic E-state index is 13.6. The molecule has 3 amide bonds.